The monoisotopic (exact) mass is 480 g/mol. The quantitative estimate of drug-likeness (QED) is 0.243. The van der Waals surface area contributed by atoms with Crippen LogP contribution in [0.25, 0.3) is 10.6 Å². The van der Waals surface area contributed by atoms with Gasteiger partial charge >= 0.3 is 0 Å². The normalized spacial score (nSPS) is 23.7. The maximum absolute atomic E-state index is 13.8. The molecule has 0 unspecified atom stereocenters. The van der Waals surface area contributed by atoms with Crippen LogP contribution in [0.15, 0.2) is 72.8 Å². The van der Waals surface area contributed by atoms with Gasteiger partial charge in [-0.05, 0) is 22.3 Å². The first-order valence-electron chi connectivity index (χ1n) is 11.2. The summed E-state index contributed by atoms with van der Waals surface area (Å²) >= 11 is 1.09. The Hall–Kier alpha value is -4.24. The van der Waals surface area contributed by atoms with Crippen molar-refractivity contribution < 1.29 is 14.5 Å². The first-order chi connectivity index (χ1) is 17.0. The average Bonchev–Trinajstić information content (AvgIpc) is 3.47. The van der Waals surface area contributed by atoms with Crippen molar-refractivity contribution >= 4 is 34.0 Å². The van der Waals surface area contributed by atoms with Gasteiger partial charge < -0.3 is 0 Å². The van der Waals surface area contributed by atoms with Crippen molar-refractivity contribution in [3.8, 4) is 10.6 Å². The number of nitro benzene ring substituents is 1. The summed E-state index contributed by atoms with van der Waals surface area (Å²) in [7, 11) is 0. The van der Waals surface area contributed by atoms with Gasteiger partial charge in [-0.1, -0.05) is 72.0 Å². The Balaban J connectivity index is 1.32. The fourth-order valence-electron chi connectivity index (χ4n) is 6.04. The summed E-state index contributed by atoms with van der Waals surface area (Å²) in [6, 6.07) is 22.2. The Morgan fingerprint density at radius 1 is 0.771 bits per heavy atom. The van der Waals surface area contributed by atoms with Crippen LogP contribution in [0.1, 0.15) is 34.1 Å². The molecule has 4 aliphatic rings. The van der Waals surface area contributed by atoms with E-state index in [2.05, 4.69) is 34.5 Å². The number of aromatic nitrogens is 2. The SMILES string of the molecule is O=C1[C@H]2C3c4ccccc4C(c4ccccc43)[C@@H]2C(=O)N1c1nnc(-c2cccc([N+](=O)[O-])c2)s1. The molecular weight excluding hydrogens is 464 g/mol. The molecule has 35 heavy (non-hydrogen) atoms. The number of carbonyl (C=O) groups excluding carboxylic acids is 2. The molecule has 3 aliphatic carbocycles. The number of anilines is 1. The summed E-state index contributed by atoms with van der Waals surface area (Å²) in [5.74, 6) is -1.91. The Labute approximate surface area is 203 Å². The molecule has 8 rings (SSSR count). The van der Waals surface area contributed by atoms with Gasteiger partial charge in [-0.15, -0.1) is 10.2 Å². The van der Waals surface area contributed by atoms with Crippen LogP contribution in [0.3, 0.4) is 0 Å². The van der Waals surface area contributed by atoms with Gasteiger partial charge in [-0.3, -0.25) is 19.7 Å². The van der Waals surface area contributed by atoms with Gasteiger partial charge in [0.05, 0.1) is 16.8 Å². The number of carbonyl (C=O) groups is 2. The van der Waals surface area contributed by atoms with Crippen molar-refractivity contribution in [3.63, 3.8) is 0 Å². The smallest absolute Gasteiger partial charge is 0.270 e. The second kappa shape index (κ2) is 7.13. The van der Waals surface area contributed by atoms with E-state index < -0.39 is 16.8 Å². The van der Waals surface area contributed by atoms with Crippen molar-refractivity contribution in [2.75, 3.05) is 4.90 Å². The highest BCUT2D eigenvalue weighted by Crippen LogP contribution is 2.61. The topological polar surface area (TPSA) is 106 Å². The van der Waals surface area contributed by atoms with E-state index in [-0.39, 0.29) is 34.5 Å². The van der Waals surface area contributed by atoms with E-state index in [0.717, 1.165) is 33.6 Å². The number of benzene rings is 3. The van der Waals surface area contributed by atoms with Gasteiger partial charge in [0.2, 0.25) is 16.9 Å². The van der Waals surface area contributed by atoms with Crippen molar-refractivity contribution in [2.24, 2.45) is 11.8 Å². The molecule has 170 valence electrons. The molecule has 0 spiro atoms. The van der Waals surface area contributed by atoms with E-state index in [9.17, 15) is 19.7 Å². The maximum Gasteiger partial charge on any atom is 0.270 e. The molecule has 1 aliphatic heterocycles. The van der Waals surface area contributed by atoms with Crippen molar-refractivity contribution in [3.05, 3.63) is 105 Å². The van der Waals surface area contributed by atoms with Gasteiger partial charge in [0.1, 0.15) is 5.01 Å². The maximum atomic E-state index is 13.8. The number of amides is 2. The predicted octanol–water partition coefficient (Wildman–Crippen LogP) is 4.51. The number of nitro groups is 1. The summed E-state index contributed by atoms with van der Waals surface area (Å²) in [5.41, 5.74) is 4.88. The van der Waals surface area contributed by atoms with Crippen LogP contribution < -0.4 is 4.90 Å². The van der Waals surface area contributed by atoms with Crippen molar-refractivity contribution in [2.45, 2.75) is 11.8 Å². The van der Waals surface area contributed by atoms with Gasteiger partial charge in [0, 0.05) is 29.5 Å². The first-order valence-corrected chi connectivity index (χ1v) is 12.0. The average molecular weight is 481 g/mol. The highest BCUT2D eigenvalue weighted by atomic mass is 32.1. The molecular formula is C26H16N4O4S. The lowest BCUT2D eigenvalue weighted by Gasteiger charge is -2.45. The zero-order valence-corrected chi connectivity index (χ0v) is 18.9. The van der Waals surface area contributed by atoms with E-state index in [1.807, 2.05) is 24.3 Å². The summed E-state index contributed by atoms with van der Waals surface area (Å²) in [5, 5.41) is 20.1. The molecule has 0 N–H and O–H groups in total. The second-order valence-corrected chi connectivity index (χ2v) is 9.93. The number of nitrogens with zero attached hydrogens (tertiary/aromatic N) is 4. The zero-order chi connectivity index (χ0) is 23.8. The Bertz CT molecular complexity index is 1470. The standard InChI is InChI=1S/C26H16N4O4S/c31-24-21-19-15-8-1-2-9-16(15)20(18-11-4-3-10-17(18)19)22(21)25(32)29(24)26-28-27-23(35-26)13-6-5-7-14(12-13)30(33)34/h1-12,19-22H/t19?,20?,21-,22-/m0/s1. The van der Waals surface area contributed by atoms with Gasteiger partial charge in [0.15, 0.2) is 0 Å². The third kappa shape index (κ3) is 2.67. The molecule has 3 aromatic carbocycles. The van der Waals surface area contributed by atoms with Crippen LogP contribution in [0.5, 0.6) is 0 Å². The van der Waals surface area contributed by atoms with Gasteiger partial charge in [-0.25, -0.2) is 4.90 Å². The molecule has 2 bridgehead atoms. The molecule has 9 heteroatoms. The largest absolute Gasteiger partial charge is 0.274 e. The number of rotatable bonds is 3. The first kappa shape index (κ1) is 20.2. The number of hydrogen-bond donors (Lipinski definition) is 0. The summed E-state index contributed by atoms with van der Waals surface area (Å²) < 4.78 is 0. The predicted molar refractivity (Wildman–Crippen MR) is 128 cm³/mol. The zero-order valence-electron chi connectivity index (χ0n) is 18.1. The Morgan fingerprint density at radius 2 is 1.31 bits per heavy atom. The van der Waals surface area contributed by atoms with Crippen LogP contribution >= 0.6 is 11.3 Å². The lowest BCUT2D eigenvalue weighted by molar-refractivity contribution is -0.384. The Morgan fingerprint density at radius 3 is 1.83 bits per heavy atom. The lowest BCUT2D eigenvalue weighted by Crippen LogP contribution is -2.41. The number of non-ortho nitro benzene ring substituents is 1. The molecule has 0 radical (unpaired) electrons. The third-order valence-electron chi connectivity index (χ3n) is 7.36. The molecule has 2 amide bonds. The van der Waals surface area contributed by atoms with E-state index in [0.29, 0.717) is 10.6 Å². The molecule has 4 aromatic rings. The fourth-order valence-corrected chi connectivity index (χ4v) is 6.89. The molecule has 8 nitrogen and oxygen atoms in total. The highest BCUT2D eigenvalue weighted by molar-refractivity contribution is 7.18. The van der Waals surface area contributed by atoms with Crippen LogP contribution in [-0.4, -0.2) is 26.9 Å². The fraction of sp³-hybridized carbons (Fsp3) is 0.154. The minimum absolute atomic E-state index is 0.0642. The number of imide groups is 1. The molecule has 1 fully saturated rings. The summed E-state index contributed by atoms with van der Waals surface area (Å²) in [6.45, 7) is 0. The van der Waals surface area contributed by atoms with E-state index >= 15 is 0 Å². The van der Waals surface area contributed by atoms with E-state index in [1.165, 1.54) is 17.0 Å². The van der Waals surface area contributed by atoms with E-state index in [4.69, 9.17) is 0 Å². The van der Waals surface area contributed by atoms with Gasteiger partial charge in [0.25, 0.3) is 5.69 Å². The summed E-state index contributed by atoms with van der Waals surface area (Å²) in [4.78, 5) is 39.5. The molecule has 1 aromatic heterocycles. The Kier molecular flexibility index (Phi) is 4.11. The molecule has 0 saturated carbocycles. The molecule has 2 atom stereocenters. The van der Waals surface area contributed by atoms with Gasteiger partial charge in [-0.2, -0.15) is 0 Å². The number of hydrogen-bond acceptors (Lipinski definition) is 7. The molecule has 1 saturated heterocycles. The minimum Gasteiger partial charge on any atom is -0.274 e. The minimum atomic E-state index is -0.498. The van der Waals surface area contributed by atoms with Crippen LogP contribution in [-0.2, 0) is 9.59 Å². The van der Waals surface area contributed by atoms with Crippen LogP contribution in [0, 0.1) is 22.0 Å². The van der Waals surface area contributed by atoms with Crippen molar-refractivity contribution in [1.82, 2.24) is 10.2 Å². The summed E-state index contributed by atoms with van der Waals surface area (Å²) in [6.07, 6.45) is 0. The van der Waals surface area contributed by atoms with Crippen LogP contribution in [0.4, 0.5) is 10.8 Å². The van der Waals surface area contributed by atoms with Crippen LogP contribution in [0.2, 0.25) is 0 Å². The van der Waals surface area contributed by atoms with E-state index in [1.54, 1.807) is 12.1 Å². The lowest BCUT2D eigenvalue weighted by atomic mass is 9.55. The second-order valence-electron chi connectivity index (χ2n) is 8.97. The highest BCUT2D eigenvalue weighted by Gasteiger charge is 2.62. The molecule has 2 heterocycles. The van der Waals surface area contributed by atoms with Crippen molar-refractivity contribution in [1.29, 1.82) is 0 Å². The third-order valence-corrected chi connectivity index (χ3v) is 8.32.